The third kappa shape index (κ3) is 22.0. The zero-order valence-corrected chi connectivity index (χ0v) is 62.9. The van der Waals surface area contributed by atoms with Crippen LogP contribution >= 0.6 is 0 Å². The lowest BCUT2D eigenvalue weighted by Crippen LogP contribution is -2.42. The van der Waals surface area contributed by atoms with Crippen LogP contribution in [0.2, 0.25) is 0 Å². The number of carboxylic acids is 3. The van der Waals surface area contributed by atoms with Gasteiger partial charge < -0.3 is 59.7 Å². The molecule has 0 aliphatic heterocycles. The van der Waals surface area contributed by atoms with E-state index in [-0.39, 0.29) is 29.0 Å². The molecule has 0 radical (unpaired) electrons. The molecule has 3 fully saturated rings. The molecule has 3 aliphatic carbocycles. The van der Waals surface area contributed by atoms with Crippen molar-refractivity contribution in [2.75, 3.05) is 42.7 Å². The molecular weight excluding hydrogens is 1310 g/mol. The van der Waals surface area contributed by atoms with Crippen LogP contribution in [0.1, 0.15) is 221 Å². The van der Waals surface area contributed by atoms with Crippen molar-refractivity contribution < 1.29 is 72.5 Å². The molecule has 0 saturated heterocycles. The summed E-state index contributed by atoms with van der Waals surface area (Å²) < 4.78 is 39.0. The zero-order valence-electron chi connectivity index (χ0n) is 62.9. The fourth-order valence-corrected chi connectivity index (χ4v) is 14.2. The van der Waals surface area contributed by atoms with Crippen molar-refractivity contribution in [2.45, 2.75) is 221 Å². The first-order valence-corrected chi connectivity index (χ1v) is 37.1. The van der Waals surface area contributed by atoms with E-state index in [1.54, 1.807) is 70.2 Å². The number of rotatable bonds is 33. The highest BCUT2D eigenvalue weighted by Gasteiger charge is 2.33. The first-order valence-electron chi connectivity index (χ1n) is 37.1. The van der Waals surface area contributed by atoms with Crippen molar-refractivity contribution in [3.05, 3.63) is 89.9 Å². The highest BCUT2D eigenvalue weighted by atomic mass is 16.5. The molecule has 3 aromatic carbocycles. The highest BCUT2D eigenvalue weighted by Crippen LogP contribution is 2.43. The summed E-state index contributed by atoms with van der Waals surface area (Å²) in [6, 6.07) is 18.8. The number of carbonyl (C=O) groups is 6. The molecule has 5 atom stereocenters. The van der Waals surface area contributed by atoms with Crippen molar-refractivity contribution in [3.8, 4) is 68.3 Å². The quantitative estimate of drug-likeness (QED) is 0.0223. The van der Waals surface area contributed by atoms with E-state index < -0.39 is 53.8 Å². The largest absolute Gasteiger partial charge is 0.496 e. The molecule has 0 bridgehead atoms. The number of aromatic nitrogens is 6. The molecule has 9 rings (SSSR count). The maximum absolute atomic E-state index is 13.2. The fraction of sp³-hybridized carbons (Fsp3) is 0.582. The van der Waals surface area contributed by atoms with Crippen LogP contribution < -0.4 is 44.4 Å². The smallest absolute Gasteiger partial charge is 0.326 e. The first-order chi connectivity index (χ1) is 49.5. The van der Waals surface area contributed by atoms with Crippen LogP contribution in [-0.2, 0) is 27.5 Å². The van der Waals surface area contributed by atoms with Crippen LogP contribution in [0.15, 0.2) is 72.8 Å². The number of nitrogens with one attached hydrogen (secondary N) is 3. The van der Waals surface area contributed by atoms with Gasteiger partial charge >= 0.3 is 17.9 Å². The normalized spacial score (nSPS) is 15.8. The second kappa shape index (κ2) is 40.1. The summed E-state index contributed by atoms with van der Waals surface area (Å²) in [5, 5.41) is 51.3. The molecule has 3 heterocycles. The second-order valence-electron chi connectivity index (χ2n) is 28.2. The van der Waals surface area contributed by atoms with Crippen molar-refractivity contribution in [1.82, 2.24) is 45.3 Å². The minimum absolute atomic E-state index is 0.0244. The van der Waals surface area contributed by atoms with Gasteiger partial charge in [-0.25, -0.2) is 14.4 Å². The van der Waals surface area contributed by atoms with Gasteiger partial charge in [0.25, 0.3) is 17.7 Å². The minimum atomic E-state index is -1.01. The Labute approximate surface area is 607 Å². The predicted molar refractivity (Wildman–Crippen MR) is 396 cm³/mol. The molecule has 3 amide bonds. The van der Waals surface area contributed by atoms with Gasteiger partial charge in [-0.1, -0.05) is 175 Å². The predicted octanol–water partition coefficient (Wildman–Crippen LogP) is 14.9. The lowest BCUT2D eigenvalue weighted by atomic mass is 9.85. The number of benzene rings is 3. The van der Waals surface area contributed by atoms with Gasteiger partial charge in [-0.3, -0.25) is 28.4 Å². The van der Waals surface area contributed by atoms with Gasteiger partial charge in [0, 0.05) is 13.1 Å². The number of nitrogens with zero attached hydrogens (tertiary/aromatic N) is 6. The fourth-order valence-electron chi connectivity index (χ4n) is 14.2. The van der Waals surface area contributed by atoms with Gasteiger partial charge in [0.05, 0.1) is 82.5 Å². The number of amides is 3. The molecule has 24 nitrogen and oxygen atoms in total. The molecule has 6 aromatic rings. The molecule has 2 unspecified atom stereocenters. The number of ether oxygens (including phenoxy) is 6. The number of hydrogen-bond acceptors (Lipinski definition) is 15. The Balaban J connectivity index is 0.000000216. The Morgan fingerprint density at radius 1 is 0.427 bits per heavy atom. The summed E-state index contributed by atoms with van der Waals surface area (Å²) in [7, 11) is 9.53. The Morgan fingerprint density at radius 2 is 0.718 bits per heavy atom. The van der Waals surface area contributed by atoms with Gasteiger partial charge in [-0.2, -0.15) is 15.3 Å². The van der Waals surface area contributed by atoms with Crippen LogP contribution in [-0.4, -0.2) is 141 Å². The molecule has 3 saturated carbocycles. The molecular formula is C79H113N9O15. The van der Waals surface area contributed by atoms with E-state index in [0.717, 1.165) is 96.3 Å². The number of methoxy groups -OCH3 is 6. The Kier molecular flexibility index (Phi) is 31.6. The van der Waals surface area contributed by atoms with Crippen molar-refractivity contribution in [3.63, 3.8) is 0 Å². The summed E-state index contributed by atoms with van der Waals surface area (Å²) in [5.41, 5.74) is 4.74. The minimum Gasteiger partial charge on any atom is -0.496 e. The number of carbonyl (C=O) groups excluding carboxylic acids is 3. The topological polar surface area (TPSA) is 308 Å². The Morgan fingerprint density at radius 3 is 1.00 bits per heavy atom. The summed E-state index contributed by atoms with van der Waals surface area (Å²) >= 11 is 0. The standard InChI is InChI=1S/C27H39N3O5.2C26H37N3O5/c1-5-18(6-2)17-30-22(25-23(34-3)13-10-14-24(25)35-4)16-20(29-30)26(31)28-21(27(32)33)15-19-11-8-7-9-12-19;1-16(2)17(3)29-21(24-22(33-4)12-9-13-23(24)34-5)15-19(28-29)25(30)27-20(26(31)32)14-18-10-7-6-8-11-18;1-5-17(2)16-29-21(24-22(33-3)12-9-13-23(24)34-4)15-19(28-29)25(30)27-20(26(31)32)14-18-10-7-6-8-11-18/h10,13-14,16,18-19,21H,5-9,11-12,15,17H2,1-4H3,(H,28,31)(H,32,33);9,12-13,15-18,20H,6-8,10-11,14H2,1-5H3,(H,27,30)(H,31,32);9,12-13,15,17-18,20H,5-8,10-11,14,16H2,1-4H3,(H,27,30)(H,31,32)/t21-;2*17?,20-/m000/s1. The molecule has 6 N–H and O–H groups in total. The molecule has 0 spiro atoms. The number of carboxylic acid groups (broad SMARTS) is 3. The third-order valence-corrected chi connectivity index (χ3v) is 20.9. The van der Waals surface area contributed by atoms with E-state index in [2.05, 4.69) is 72.8 Å². The first kappa shape index (κ1) is 81.2. The van der Waals surface area contributed by atoms with E-state index in [0.29, 0.717) is 130 Å². The molecule has 103 heavy (non-hydrogen) atoms. The van der Waals surface area contributed by atoms with E-state index in [4.69, 9.17) is 28.4 Å². The summed E-state index contributed by atoms with van der Waals surface area (Å²) in [5.74, 6) is 1.08. The van der Waals surface area contributed by atoms with Crippen molar-refractivity contribution in [2.24, 2.45) is 35.5 Å². The SMILES string of the molecule is CCC(C)Cn1nc(C(=O)N[C@@H](CC2CCCCC2)C(=O)O)cc1-c1c(OC)cccc1OC.CCC(CC)Cn1nc(C(=O)N[C@@H](CC2CCCCC2)C(=O)O)cc1-c1c(OC)cccc1OC.COc1cccc(OC)c1-c1cc(C(=O)N[C@@H](CC2CCCCC2)C(=O)O)nn1C(C)C(C)C. The molecule has 3 aliphatic rings. The number of hydrogen-bond donors (Lipinski definition) is 6. The van der Waals surface area contributed by atoms with Crippen LogP contribution in [0.5, 0.6) is 34.5 Å². The summed E-state index contributed by atoms with van der Waals surface area (Å²) in [4.78, 5) is 75.3. The molecule has 564 valence electrons. The van der Waals surface area contributed by atoms with Gasteiger partial charge in [-0.15, -0.1) is 0 Å². The van der Waals surface area contributed by atoms with Gasteiger partial charge in [0.15, 0.2) is 17.1 Å². The maximum atomic E-state index is 13.2. The summed E-state index contributed by atoms with van der Waals surface area (Å²) in [6.07, 6.45) is 20.6. The van der Waals surface area contributed by atoms with Crippen molar-refractivity contribution >= 4 is 35.6 Å². The second-order valence-corrected chi connectivity index (χ2v) is 28.2. The van der Waals surface area contributed by atoms with E-state index >= 15 is 0 Å². The maximum Gasteiger partial charge on any atom is 0.326 e. The van der Waals surface area contributed by atoms with E-state index in [1.165, 1.54) is 19.3 Å². The Hall–Kier alpha value is -9.09. The average Bonchev–Trinajstić information content (AvgIpc) is 1.68. The number of aliphatic carboxylic acids is 3. The third-order valence-electron chi connectivity index (χ3n) is 20.9. The monoisotopic (exact) mass is 1430 g/mol. The van der Waals surface area contributed by atoms with E-state index in [1.807, 2.05) is 66.2 Å². The molecule has 3 aromatic heterocycles. The summed E-state index contributed by atoms with van der Waals surface area (Å²) in [6.45, 7) is 15.9. The lowest BCUT2D eigenvalue weighted by Gasteiger charge is -2.24. The van der Waals surface area contributed by atoms with Gasteiger partial charge in [0.1, 0.15) is 52.6 Å². The Bertz CT molecular complexity index is 3660. The van der Waals surface area contributed by atoms with Gasteiger partial charge in [0.2, 0.25) is 0 Å². The van der Waals surface area contributed by atoms with Crippen LogP contribution in [0.25, 0.3) is 33.8 Å². The van der Waals surface area contributed by atoms with Gasteiger partial charge in [-0.05, 0) is 116 Å². The van der Waals surface area contributed by atoms with Crippen LogP contribution in [0.4, 0.5) is 0 Å². The molecule has 24 heteroatoms. The highest BCUT2D eigenvalue weighted by molar-refractivity contribution is 5.98. The lowest BCUT2D eigenvalue weighted by molar-refractivity contribution is -0.140. The zero-order chi connectivity index (χ0) is 74.9. The van der Waals surface area contributed by atoms with Crippen molar-refractivity contribution in [1.29, 1.82) is 0 Å². The average molecular weight is 1430 g/mol. The van der Waals surface area contributed by atoms with Crippen LogP contribution in [0, 0.1) is 35.5 Å². The van der Waals surface area contributed by atoms with Crippen LogP contribution in [0.3, 0.4) is 0 Å². The van der Waals surface area contributed by atoms with E-state index in [9.17, 15) is 44.1 Å².